The van der Waals surface area contributed by atoms with E-state index >= 15 is 0 Å². The highest BCUT2D eigenvalue weighted by atomic mass is 35.5. The van der Waals surface area contributed by atoms with E-state index in [-0.39, 0.29) is 30.6 Å². The van der Waals surface area contributed by atoms with Crippen LogP contribution in [0.2, 0.25) is 0 Å². The Balaban J connectivity index is 2.23. The number of ether oxygens (including phenoxy) is 1. The van der Waals surface area contributed by atoms with Crippen molar-refractivity contribution in [2.24, 2.45) is 0 Å². The van der Waals surface area contributed by atoms with E-state index in [1.165, 1.54) is 16.8 Å². The lowest BCUT2D eigenvalue weighted by Gasteiger charge is -2.03. The van der Waals surface area contributed by atoms with Gasteiger partial charge in [0.2, 0.25) is 0 Å². The monoisotopic (exact) mass is 314 g/mol. The van der Waals surface area contributed by atoms with Crippen LogP contribution in [-0.4, -0.2) is 32.5 Å². The Labute approximate surface area is 123 Å². The Morgan fingerprint density at radius 3 is 2.90 bits per heavy atom. The number of nitrogens with zero attached hydrogens (tertiary/aromatic N) is 4. The topological polar surface area (TPSA) is 113 Å². The normalized spacial score (nSPS) is 10.6. The zero-order valence-corrected chi connectivity index (χ0v) is 11.7. The SMILES string of the molecule is CCOC(=O)c1nnn(Cc2ccc([N+](=O)[O-])o2)c1CCl. The summed E-state index contributed by atoms with van der Waals surface area (Å²) < 4.78 is 11.2. The van der Waals surface area contributed by atoms with Gasteiger partial charge in [-0.3, -0.25) is 10.1 Å². The maximum absolute atomic E-state index is 11.7. The molecule has 10 heteroatoms. The quantitative estimate of drug-likeness (QED) is 0.345. The Morgan fingerprint density at radius 2 is 2.33 bits per heavy atom. The maximum atomic E-state index is 11.7. The van der Waals surface area contributed by atoms with Crippen molar-refractivity contribution in [3.8, 4) is 0 Å². The zero-order chi connectivity index (χ0) is 15.4. The van der Waals surface area contributed by atoms with Crippen LogP contribution in [0.1, 0.15) is 28.9 Å². The van der Waals surface area contributed by atoms with Gasteiger partial charge in [-0.15, -0.1) is 16.7 Å². The third-order valence-electron chi connectivity index (χ3n) is 2.57. The molecule has 0 spiro atoms. The van der Waals surface area contributed by atoms with Gasteiger partial charge >= 0.3 is 11.9 Å². The van der Waals surface area contributed by atoms with E-state index in [4.69, 9.17) is 20.8 Å². The Morgan fingerprint density at radius 1 is 1.57 bits per heavy atom. The van der Waals surface area contributed by atoms with Gasteiger partial charge in [-0.05, 0) is 13.0 Å². The van der Waals surface area contributed by atoms with Gasteiger partial charge < -0.3 is 9.15 Å². The molecule has 0 aliphatic rings. The molecule has 0 unspecified atom stereocenters. The standard InChI is InChI=1S/C11H11ClN4O5/c1-2-20-11(17)10-8(5-12)15(14-13-10)6-7-3-4-9(21-7)16(18)19/h3-4H,2,5-6H2,1H3. The molecule has 0 aromatic carbocycles. The van der Waals surface area contributed by atoms with Crippen molar-refractivity contribution in [1.82, 2.24) is 15.0 Å². The van der Waals surface area contributed by atoms with Crippen molar-refractivity contribution < 1.29 is 18.9 Å². The van der Waals surface area contributed by atoms with Gasteiger partial charge in [-0.1, -0.05) is 5.21 Å². The van der Waals surface area contributed by atoms with Crippen LogP contribution in [0.15, 0.2) is 16.5 Å². The van der Waals surface area contributed by atoms with Crippen LogP contribution in [0.3, 0.4) is 0 Å². The molecule has 0 amide bonds. The lowest BCUT2D eigenvalue weighted by atomic mass is 10.3. The van der Waals surface area contributed by atoms with Crippen molar-refractivity contribution in [3.05, 3.63) is 39.4 Å². The van der Waals surface area contributed by atoms with Crippen LogP contribution < -0.4 is 0 Å². The number of rotatable bonds is 6. The number of hydrogen-bond donors (Lipinski definition) is 0. The van der Waals surface area contributed by atoms with Crippen molar-refractivity contribution in [2.45, 2.75) is 19.3 Å². The molecular weight excluding hydrogens is 304 g/mol. The molecular formula is C11H11ClN4O5. The molecule has 0 N–H and O–H groups in total. The average Bonchev–Trinajstić information content (AvgIpc) is 3.06. The van der Waals surface area contributed by atoms with Crippen molar-refractivity contribution in [1.29, 1.82) is 0 Å². The first-order valence-corrected chi connectivity index (χ1v) is 6.48. The highest BCUT2D eigenvalue weighted by molar-refractivity contribution is 6.17. The molecule has 0 aliphatic carbocycles. The summed E-state index contributed by atoms with van der Waals surface area (Å²) in [6.45, 7) is 1.95. The molecule has 21 heavy (non-hydrogen) atoms. The number of halogens is 1. The lowest BCUT2D eigenvalue weighted by Crippen LogP contribution is -2.10. The molecule has 2 heterocycles. The van der Waals surface area contributed by atoms with Crippen LogP contribution in [0.5, 0.6) is 0 Å². The molecule has 2 rings (SSSR count). The second-order valence-corrected chi connectivity index (χ2v) is 4.16. The summed E-state index contributed by atoms with van der Waals surface area (Å²) >= 11 is 5.80. The molecule has 9 nitrogen and oxygen atoms in total. The minimum atomic E-state index is -0.642. The second kappa shape index (κ2) is 6.35. The lowest BCUT2D eigenvalue weighted by molar-refractivity contribution is -0.402. The summed E-state index contributed by atoms with van der Waals surface area (Å²) in [6.07, 6.45) is 0. The first-order valence-electron chi connectivity index (χ1n) is 5.95. The smallest absolute Gasteiger partial charge is 0.433 e. The van der Waals surface area contributed by atoms with E-state index in [2.05, 4.69) is 10.3 Å². The highest BCUT2D eigenvalue weighted by Gasteiger charge is 2.21. The van der Waals surface area contributed by atoms with E-state index in [1.54, 1.807) is 6.92 Å². The Kier molecular flexibility index (Phi) is 4.53. The predicted octanol–water partition coefficient (Wildman–Crippen LogP) is 1.74. The number of furan rings is 1. The summed E-state index contributed by atoms with van der Waals surface area (Å²) in [6, 6.07) is 2.68. The number of hydrogen-bond acceptors (Lipinski definition) is 7. The first kappa shape index (κ1) is 15.0. The van der Waals surface area contributed by atoms with E-state index in [0.717, 1.165) is 0 Å². The zero-order valence-electron chi connectivity index (χ0n) is 11.0. The minimum Gasteiger partial charge on any atom is -0.461 e. The predicted molar refractivity (Wildman–Crippen MR) is 70.0 cm³/mol. The van der Waals surface area contributed by atoms with Gasteiger partial charge in [0.15, 0.2) is 5.69 Å². The third-order valence-corrected chi connectivity index (χ3v) is 2.82. The fraction of sp³-hybridized carbons (Fsp3) is 0.364. The van der Waals surface area contributed by atoms with Crippen LogP contribution in [0.4, 0.5) is 5.88 Å². The molecule has 0 bridgehead atoms. The fourth-order valence-electron chi connectivity index (χ4n) is 1.65. The molecule has 0 saturated carbocycles. The van der Waals surface area contributed by atoms with Gasteiger partial charge in [-0.2, -0.15) is 0 Å². The molecule has 0 radical (unpaired) electrons. The summed E-state index contributed by atoms with van der Waals surface area (Å²) in [5.74, 6) is -0.703. The molecule has 0 saturated heterocycles. The molecule has 112 valence electrons. The summed E-state index contributed by atoms with van der Waals surface area (Å²) in [7, 11) is 0. The number of nitro groups is 1. The first-order chi connectivity index (χ1) is 10.1. The van der Waals surface area contributed by atoms with E-state index in [0.29, 0.717) is 11.5 Å². The summed E-state index contributed by atoms with van der Waals surface area (Å²) in [5, 5.41) is 18.1. The van der Waals surface area contributed by atoms with Crippen molar-refractivity contribution in [3.63, 3.8) is 0 Å². The maximum Gasteiger partial charge on any atom is 0.433 e. The number of carbonyl (C=O) groups excluding carboxylic acids is 1. The van der Waals surface area contributed by atoms with Crippen LogP contribution >= 0.6 is 11.6 Å². The largest absolute Gasteiger partial charge is 0.461 e. The summed E-state index contributed by atoms with van der Waals surface area (Å²) in [5.41, 5.74) is 0.377. The minimum absolute atomic E-state index is 0.00997. The van der Waals surface area contributed by atoms with Crippen molar-refractivity contribution in [2.75, 3.05) is 6.61 Å². The molecule has 0 atom stereocenters. The number of alkyl halides is 1. The van der Waals surface area contributed by atoms with Crippen molar-refractivity contribution >= 4 is 23.5 Å². The molecule has 2 aromatic heterocycles. The van der Waals surface area contributed by atoms with Gasteiger partial charge in [-0.25, -0.2) is 9.48 Å². The number of carbonyl (C=O) groups is 1. The number of esters is 1. The van der Waals surface area contributed by atoms with Gasteiger partial charge in [0.1, 0.15) is 17.2 Å². The van der Waals surface area contributed by atoms with E-state index < -0.39 is 10.9 Å². The van der Waals surface area contributed by atoms with Crippen LogP contribution in [0.25, 0.3) is 0 Å². The molecule has 0 aliphatic heterocycles. The summed E-state index contributed by atoms with van der Waals surface area (Å²) in [4.78, 5) is 21.6. The van der Waals surface area contributed by atoms with E-state index in [1.807, 2.05) is 0 Å². The Bertz CT molecular complexity index is 665. The van der Waals surface area contributed by atoms with E-state index in [9.17, 15) is 14.9 Å². The average molecular weight is 315 g/mol. The fourth-order valence-corrected chi connectivity index (χ4v) is 1.91. The van der Waals surface area contributed by atoms with Crippen LogP contribution in [-0.2, 0) is 17.2 Å². The van der Waals surface area contributed by atoms with Gasteiger partial charge in [0.05, 0.1) is 24.2 Å². The third kappa shape index (κ3) is 3.19. The Hall–Kier alpha value is -2.42. The van der Waals surface area contributed by atoms with Gasteiger partial charge in [0.25, 0.3) is 0 Å². The molecule has 0 fully saturated rings. The number of aromatic nitrogens is 3. The van der Waals surface area contributed by atoms with Crippen LogP contribution in [0, 0.1) is 10.1 Å². The highest BCUT2D eigenvalue weighted by Crippen LogP contribution is 2.18. The second-order valence-electron chi connectivity index (χ2n) is 3.89. The van der Waals surface area contributed by atoms with Gasteiger partial charge in [0, 0.05) is 0 Å². The molecule has 2 aromatic rings.